The molecule has 1 N–H and O–H groups in total. The minimum absolute atomic E-state index is 0.668. The van der Waals surface area contributed by atoms with Gasteiger partial charge in [-0.05, 0) is 18.5 Å². The molecule has 0 aromatic carbocycles. The Morgan fingerprint density at radius 3 is 3.00 bits per heavy atom. The monoisotopic (exact) mass is 234 g/mol. The van der Waals surface area contributed by atoms with Crippen molar-refractivity contribution in [3.8, 4) is 11.3 Å². The van der Waals surface area contributed by atoms with Crippen LogP contribution >= 0.6 is 0 Å². The molecule has 0 fully saturated rings. The van der Waals surface area contributed by atoms with Gasteiger partial charge in [0.25, 0.3) is 0 Å². The van der Waals surface area contributed by atoms with Crippen LogP contribution in [-0.4, -0.2) is 18.1 Å². The third-order valence-electron chi connectivity index (χ3n) is 2.43. The fourth-order valence-electron chi connectivity index (χ4n) is 1.55. The molecule has 17 heavy (non-hydrogen) atoms. The van der Waals surface area contributed by atoms with Gasteiger partial charge in [-0.3, -0.25) is 0 Å². The highest BCUT2D eigenvalue weighted by molar-refractivity contribution is 5.53. The van der Waals surface area contributed by atoms with Crippen molar-refractivity contribution in [3.63, 3.8) is 0 Å². The van der Waals surface area contributed by atoms with Crippen LogP contribution in [0.1, 0.15) is 19.7 Å². The minimum Gasteiger partial charge on any atom is -0.472 e. The molecule has 0 aliphatic rings. The third kappa shape index (κ3) is 3.46. The molecule has 4 nitrogen and oxygen atoms in total. The molecule has 2 aromatic heterocycles. The van der Waals surface area contributed by atoms with Gasteiger partial charge in [0.15, 0.2) is 11.7 Å². The van der Waals surface area contributed by atoms with Crippen molar-refractivity contribution in [1.82, 2.24) is 10.3 Å². The highest BCUT2D eigenvalue weighted by Crippen LogP contribution is 2.20. The third-order valence-corrected chi connectivity index (χ3v) is 2.43. The normalized spacial score (nSPS) is 11.2. The van der Waals surface area contributed by atoms with Gasteiger partial charge in [-0.25, -0.2) is 4.98 Å². The maximum atomic E-state index is 5.62. The van der Waals surface area contributed by atoms with Gasteiger partial charge in [0.1, 0.15) is 6.26 Å². The average molecular weight is 234 g/mol. The standard InChI is InChI=1S/C13H18N2O2/c1-10(2)7-14-5-3-13-15-8-12(17-13)11-4-6-16-9-11/h4,6,8-10,14H,3,5,7H2,1-2H3. The predicted octanol–water partition coefficient (Wildman–Crippen LogP) is 2.72. The SMILES string of the molecule is CC(C)CNCCc1ncc(-c2ccoc2)o1. The first-order valence-corrected chi connectivity index (χ1v) is 5.93. The van der Waals surface area contributed by atoms with Gasteiger partial charge in [-0.2, -0.15) is 0 Å². The van der Waals surface area contributed by atoms with E-state index in [-0.39, 0.29) is 0 Å². The average Bonchev–Trinajstić information content (AvgIpc) is 2.94. The van der Waals surface area contributed by atoms with Crippen LogP contribution in [0.25, 0.3) is 11.3 Å². The molecular weight excluding hydrogens is 216 g/mol. The van der Waals surface area contributed by atoms with E-state index in [0.717, 1.165) is 36.7 Å². The fraction of sp³-hybridized carbons (Fsp3) is 0.462. The van der Waals surface area contributed by atoms with E-state index in [1.54, 1.807) is 18.7 Å². The zero-order valence-electron chi connectivity index (χ0n) is 10.3. The predicted molar refractivity (Wildman–Crippen MR) is 65.6 cm³/mol. The summed E-state index contributed by atoms with van der Waals surface area (Å²) in [7, 11) is 0. The molecule has 0 saturated heterocycles. The van der Waals surface area contributed by atoms with Crippen LogP contribution in [0.3, 0.4) is 0 Å². The second-order valence-corrected chi connectivity index (χ2v) is 4.48. The molecule has 0 unspecified atom stereocenters. The van der Waals surface area contributed by atoms with E-state index in [4.69, 9.17) is 8.83 Å². The van der Waals surface area contributed by atoms with Crippen molar-refractivity contribution in [2.45, 2.75) is 20.3 Å². The molecule has 2 aromatic rings. The number of oxazole rings is 1. The second kappa shape index (κ2) is 5.68. The molecule has 92 valence electrons. The summed E-state index contributed by atoms with van der Waals surface area (Å²) < 4.78 is 10.6. The minimum atomic E-state index is 0.668. The smallest absolute Gasteiger partial charge is 0.196 e. The van der Waals surface area contributed by atoms with Crippen LogP contribution in [0.5, 0.6) is 0 Å². The zero-order chi connectivity index (χ0) is 12.1. The lowest BCUT2D eigenvalue weighted by atomic mass is 10.2. The number of nitrogens with one attached hydrogen (secondary N) is 1. The summed E-state index contributed by atoms with van der Waals surface area (Å²) in [6.07, 6.45) is 5.83. The van der Waals surface area contributed by atoms with Gasteiger partial charge >= 0.3 is 0 Å². The Bertz CT molecular complexity index is 432. The molecule has 0 aliphatic carbocycles. The summed E-state index contributed by atoms with van der Waals surface area (Å²) in [6.45, 7) is 6.29. The van der Waals surface area contributed by atoms with Crippen molar-refractivity contribution in [2.24, 2.45) is 5.92 Å². The van der Waals surface area contributed by atoms with Crippen molar-refractivity contribution < 1.29 is 8.83 Å². The van der Waals surface area contributed by atoms with E-state index in [9.17, 15) is 0 Å². The van der Waals surface area contributed by atoms with E-state index < -0.39 is 0 Å². The quantitative estimate of drug-likeness (QED) is 0.781. The van der Waals surface area contributed by atoms with Crippen molar-refractivity contribution in [3.05, 3.63) is 30.7 Å². The van der Waals surface area contributed by atoms with Crippen molar-refractivity contribution in [2.75, 3.05) is 13.1 Å². The maximum absolute atomic E-state index is 5.62. The first kappa shape index (κ1) is 11.9. The number of aromatic nitrogens is 1. The lowest BCUT2D eigenvalue weighted by Crippen LogP contribution is -2.22. The van der Waals surface area contributed by atoms with Gasteiger partial charge in [0.05, 0.1) is 18.0 Å². The first-order valence-electron chi connectivity index (χ1n) is 5.93. The van der Waals surface area contributed by atoms with E-state index in [1.165, 1.54) is 0 Å². The Labute approximate surface area is 101 Å². The summed E-state index contributed by atoms with van der Waals surface area (Å²) in [6, 6.07) is 1.86. The van der Waals surface area contributed by atoms with Crippen LogP contribution in [0.15, 0.2) is 33.6 Å². The molecule has 0 amide bonds. The lowest BCUT2D eigenvalue weighted by Gasteiger charge is -2.05. The molecular formula is C13H18N2O2. The van der Waals surface area contributed by atoms with Gasteiger partial charge in [0.2, 0.25) is 0 Å². The Morgan fingerprint density at radius 2 is 2.29 bits per heavy atom. The van der Waals surface area contributed by atoms with E-state index in [1.807, 2.05) is 6.07 Å². The maximum Gasteiger partial charge on any atom is 0.196 e. The molecule has 0 bridgehead atoms. The van der Waals surface area contributed by atoms with E-state index in [0.29, 0.717) is 5.92 Å². The number of hydrogen-bond donors (Lipinski definition) is 1. The second-order valence-electron chi connectivity index (χ2n) is 4.48. The van der Waals surface area contributed by atoms with Crippen LogP contribution in [-0.2, 0) is 6.42 Å². The van der Waals surface area contributed by atoms with Crippen molar-refractivity contribution in [1.29, 1.82) is 0 Å². The summed E-state index contributed by atoms with van der Waals surface area (Å²) in [4.78, 5) is 4.24. The number of furan rings is 1. The van der Waals surface area contributed by atoms with Crippen LogP contribution in [0, 0.1) is 5.92 Å². The molecule has 2 rings (SSSR count). The van der Waals surface area contributed by atoms with E-state index >= 15 is 0 Å². The summed E-state index contributed by atoms with van der Waals surface area (Å²) in [5, 5.41) is 3.36. The Kier molecular flexibility index (Phi) is 3.98. The number of nitrogens with zero attached hydrogens (tertiary/aromatic N) is 1. The summed E-state index contributed by atoms with van der Waals surface area (Å²) in [5.74, 6) is 2.19. The number of hydrogen-bond acceptors (Lipinski definition) is 4. The molecule has 0 saturated carbocycles. The Balaban J connectivity index is 1.83. The molecule has 0 radical (unpaired) electrons. The Hall–Kier alpha value is -1.55. The lowest BCUT2D eigenvalue weighted by molar-refractivity contribution is 0.482. The fourth-order valence-corrected chi connectivity index (χ4v) is 1.55. The first-order chi connectivity index (χ1) is 8.25. The zero-order valence-corrected chi connectivity index (χ0v) is 10.3. The largest absolute Gasteiger partial charge is 0.472 e. The highest BCUT2D eigenvalue weighted by atomic mass is 16.4. The Morgan fingerprint density at radius 1 is 1.41 bits per heavy atom. The summed E-state index contributed by atoms with van der Waals surface area (Å²) >= 11 is 0. The van der Waals surface area contributed by atoms with Gasteiger partial charge < -0.3 is 14.2 Å². The van der Waals surface area contributed by atoms with Gasteiger partial charge in [0, 0.05) is 13.0 Å². The molecule has 4 heteroatoms. The van der Waals surface area contributed by atoms with Crippen molar-refractivity contribution >= 4 is 0 Å². The molecule has 0 atom stereocenters. The van der Waals surface area contributed by atoms with Gasteiger partial charge in [-0.1, -0.05) is 13.8 Å². The molecule has 2 heterocycles. The number of rotatable bonds is 6. The van der Waals surface area contributed by atoms with Gasteiger partial charge in [-0.15, -0.1) is 0 Å². The topological polar surface area (TPSA) is 51.2 Å². The molecule has 0 spiro atoms. The van der Waals surface area contributed by atoms with Crippen LogP contribution < -0.4 is 5.32 Å². The van der Waals surface area contributed by atoms with Crippen LogP contribution in [0.4, 0.5) is 0 Å². The highest BCUT2D eigenvalue weighted by Gasteiger charge is 2.06. The summed E-state index contributed by atoms with van der Waals surface area (Å²) in [5.41, 5.74) is 0.930. The van der Waals surface area contributed by atoms with Crippen LogP contribution in [0.2, 0.25) is 0 Å². The molecule has 0 aliphatic heterocycles. The van der Waals surface area contributed by atoms with E-state index in [2.05, 4.69) is 24.1 Å².